The van der Waals surface area contributed by atoms with Gasteiger partial charge in [-0.1, -0.05) is 30.3 Å². The summed E-state index contributed by atoms with van der Waals surface area (Å²) in [6.45, 7) is 3.28. The summed E-state index contributed by atoms with van der Waals surface area (Å²) in [7, 11) is 0. The number of benzene rings is 1. The van der Waals surface area contributed by atoms with Crippen molar-refractivity contribution in [1.29, 1.82) is 0 Å². The van der Waals surface area contributed by atoms with Crippen molar-refractivity contribution in [3.63, 3.8) is 0 Å². The van der Waals surface area contributed by atoms with Gasteiger partial charge in [-0.05, 0) is 69.4 Å². The highest BCUT2D eigenvalue weighted by Gasteiger charge is 2.63. The van der Waals surface area contributed by atoms with Crippen molar-refractivity contribution in [1.82, 2.24) is 10.2 Å². The Kier molecular flexibility index (Phi) is 6.97. The molecule has 0 unspecified atom stereocenters. The Bertz CT molecular complexity index is 890. The van der Waals surface area contributed by atoms with E-state index in [2.05, 4.69) is 17.4 Å². The van der Waals surface area contributed by atoms with Gasteiger partial charge in [0.25, 0.3) is 0 Å². The molecule has 3 aliphatic rings. The second-order valence-electron chi connectivity index (χ2n) is 9.14. The molecule has 4 rings (SSSR count). The third-order valence-electron chi connectivity index (χ3n) is 7.18. The van der Waals surface area contributed by atoms with Crippen LogP contribution in [0.25, 0.3) is 0 Å². The van der Waals surface area contributed by atoms with Crippen LogP contribution in [-0.2, 0) is 25.5 Å². The first-order valence-corrected chi connectivity index (χ1v) is 12.1. The molecular weight excluding hydrogens is 404 g/mol. The molecule has 6 nitrogen and oxygen atoms in total. The fourth-order valence-electron chi connectivity index (χ4n) is 5.78. The quantitative estimate of drug-likeness (QED) is 0.471. The molecule has 1 fully saturated rings. The standard InChI is InChI=1S/C26H34N2O4/c1-2-32-25(31)26-15-8-13-20-14-9-17-28(23(20)26)24(30)21(26)18-22(29)27-16-7-6-12-19-10-4-3-5-11-19/h3-5,10-11,21H,2,6-9,12-18H2,1H3,(H,27,29)/t21-,26-/m1/s1. The van der Waals surface area contributed by atoms with Gasteiger partial charge < -0.3 is 15.0 Å². The predicted octanol–water partition coefficient (Wildman–Crippen LogP) is 3.76. The van der Waals surface area contributed by atoms with Gasteiger partial charge in [0, 0.05) is 25.2 Å². The van der Waals surface area contributed by atoms with E-state index >= 15 is 0 Å². The maximum absolute atomic E-state index is 13.4. The summed E-state index contributed by atoms with van der Waals surface area (Å²) in [5.41, 5.74) is 2.41. The molecular formula is C26H34N2O4. The smallest absolute Gasteiger partial charge is 0.318 e. The number of esters is 1. The number of aryl methyl sites for hydroxylation is 1. The summed E-state index contributed by atoms with van der Waals surface area (Å²) in [4.78, 5) is 41.2. The van der Waals surface area contributed by atoms with Crippen molar-refractivity contribution < 1.29 is 19.1 Å². The van der Waals surface area contributed by atoms with Crippen LogP contribution >= 0.6 is 0 Å². The largest absolute Gasteiger partial charge is 0.465 e. The third-order valence-corrected chi connectivity index (χ3v) is 7.18. The van der Waals surface area contributed by atoms with E-state index in [-0.39, 0.29) is 30.8 Å². The summed E-state index contributed by atoms with van der Waals surface area (Å²) in [5, 5.41) is 2.98. The summed E-state index contributed by atoms with van der Waals surface area (Å²) < 4.78 is 5.48. The number of hydrogen-bond acceptors (Lipinski definition) is 4. The zero-order valence-electron chi connectivity index (χ0n) is 19.0. The molecule has 1 saturated heterocycles. The maximum Gasteiger partial charge on any atom is 0.318 e. The Hall–Kier alpha value is -2.63. The molecule has 1 aliphatic carbocycles. The number of nitrogens with one attached hydrogen (secondary N) is 1. The first-order chi connectivity index (χ1) is 15.6. The van der Waals surface area contributed by atoms with Gasteiger partial charge in [-0.25, -0.2) is 0 Å². The molecule has 2 heterocycles. The highest BCUT2D eigenvalue weighted by atomic mass is 16.5. The molecule has 2 amide bonds. The van der Waals surface area contributed by atoms with Gasteiger partial charge in [0.05, 0.1) is 12.5 Å². The number of nitrogens with zero attached hydrogens (tertiary/aromatic N) is 1. The second kappa shape index (κ2) is 9.88. The Morgan fingerprint density at radius 2 is 1.94 bits per heavy atom. The first-order valence-electron chi connectivity index (χ1n) is 12.1. The van der Waals surface area contributed by atoms with E-state index in [0.29, 0.717) is 19.5 Å². The lowest BCUT2D eigenvalue weighted by Crippen LogP contribution is -2.44. The average molecular weight is 439 g/mol. The summed E-state index contributed by atoms with van der Waals surface area (Å²) in [6.07, 6.45) is 7.12. The minimum atomic E-state index is -0.980. The van der Waals surface area contributed by atoms with Crippen LogP contribution in [0.1, 0.15) is 63.9 Å². The SMILES string of the molecule is CCOC(=O)[C@@]12CCCC3=C1N(CCC3)C(=O)[C@H]2CC(=O)NCCCCc1ccccc1. The number of unbranched alkanes of at least 4 members (excludes halogenated alkanes) is 1. The normalized spacial score (nSPS) is 24.3. The van der Waals surface area contributed by atoms with E-state index in [1.807, 2.05) is 18.2 Å². The van der Waals surface area contributed by atoms with Crippen molar-refractivity contribution in [3.8, 4) is 0 Å². The number of hydrogen-bond donors (Lipinski definition) is 1. The predicted molar refractivity (Wildman–Crippen MR) is 121 cm³/mol. The lowest BCUT2D eigenvalue weighted by atomic mass is 9.65. The molecule has 32 heavy (non-hydrogen) atoms. The molecule has 1 aromatic rings. The molecule has 0 saturated carbocycles. The Morgan fingerprint density at radius 1 is 1.16 bits per heavy atom. The Labute approximate surface area is 190 Å². The highest BCUT2D eigenvalue weighted by molar-refractivity contribution is 5.99. The van der Waals surface area contributed by atoms with Crippen LogP contribution in [0.4, 0.5) is 0 Å². The van der Waals surface area contributed by atoms with E-state index in [9.17, 15) is 14.4 Å². The molecule has 2 atom stereocenters. The highest BCUT2D eigenvalue weighted by Crippen LogP contribution is 2.57. The lowest BCUT2D eigenvalue weighted by molar-refractivity contribution is -0.158. The van der Waals surface area contributed by atoms with Gasteiger partial charge in [-0.3, -0.25) is 14.4 Å². The molecule has 1 aromatic carbocycles. The van der Waals surface area contributed by atoms with Crippen molar-refractivity contribution in [2.24, 2.45) is 11.3 Å². The molecule has 0 bridgehead atoms. The minimum absolute atomic E-state index is 0.0453. The number of rotatable bonds is 9. The van der Waals surface area contributed by atoms with Crippen LogP contribution in [0.5, 0.6) is 0 Å². The van der Waals surface area contributed by atoms with E-state index < -0.39 is 11.3 Å². The molecule has 6 heteroatoms. The zero-order valence-corrected chi connectivity index (χ0v) is 19.0. The van der Waals surface area contributed by atoms with Gasteiger partial charge in [-0.15, -0.1) is 0 Å². The Balaban J connectivity index is 1.41. The number of amides is 2. The van der Waals surface area contributed by atoms with Crippen molar-refractivity contribution in [3.05, 3.63) is 47.2 Å². The molecule has 172 valence electrons. The van der Waals surface area contributed by atoms with Crippen LogP contribution < -0.4 is 5.32 Å². The summed E-state index contributed by atoms with van der Waals surface area (Å²) in [5.74, 6) is -1.22. The van der Waals surface area contributed by atoms with Crippen molar-refractivity contribution in [2.75, 3.05) is 19.7 Å². The fourth-order valence-corrected chi connectivity index (χ4v) is 5.78. The number of ether oxygens (including phenoxy) is 1. The van der Waals surface area contributed by atoms with E-state index in [0.717, 1.165) is 50.6 Å². The summed E-state index contributed by atoms with van der Waals surface area (Å²) >= 11 is 0. The van der Waals surface area contributed by atoms with Crippen molar-refractivity contribution >= 4 is 17.8 Å². The van der Waals surface area contributed by atoms with Crippen LogP contribution in [0.3, 0.4) is 0 Å². The van der Waals surface area contributed by atoms with Gasteiger partial charge in [0.1, 0.15) is 5.41 Å². The molecule has 0 spiro atoms. The average Bonchev–Trinajstić information content (AvgIpc) is 3.05. The third kappa shape index (κ3) is 4.19. The van der Waals surface area contributed by atoms with E-state index in [1.165, 1.54) is 11.1 Å². The maximum atomic E-state index is 13.4. The van der Waals surface area contributed by atoms with Crippen LogP contribution in [-0.4, -0.2) is 42.4 Å². The van der Waals surface area contributed by atoms with Gasteiger partial charge in [0.2, 0.25) is 11.8 Å². The topological polar surface area (TPSA) is 75.7 Å². The van der Waals surface area contributed by atoms with Gasteiger partial charge in [0.15, 0.2) is 0 Å². The lowest BCUT2D eigenvalue weighted by Gasteiger charge is -2.39. The second-order valence-corrected chi connectivity index (χ2v) is 9.14. The monoisotopic (exact) mass is 438 g/mol. The molecule has 0 radical (unpaired) electrons. The van der Waals surface area contributed by atoms with Gasteiger partial charge >= 0.3 is 5.97 Å². The number of allylic oxidation sites excluding steroid dienone is 1. The van der Waals surface area contributed by atoms with Crippen LogP contribution in [0, 0.1) is 11.3 Å². The van der Waals surface area contributed by atoms with Crippen LogP contribution in [0.15, 0.2) is 41.6 Å². The Morgan fingerprint density at radius 3 is 2.72 bits per heavy atom. The first kappa shape index (κ1) is 22.6. The van der Waals surface area contributed by atoms with Crippen molar-refractivity contribution in [2.45, 2.75) is 64.7 Å². The molecule has 1 N–H and O–H groups in total. The van der Waals surface area contributed by atoms with Gasteiger partial charge in [-0.2, -0.15) is 0 Å². The van der Waals surface area contributed by atoms with E-state index in [4.69, 9.17) is 4.74 Å². The van der Waals surface area contributed by atoms with Crippen LogP contribution in [0.2, 0.25) is 0 Å². The molecule has 0 aromatic heterocycles. The number of carbonyl (C=O) groups excluding carboxylic acids is 3. The fraction of sp³-hybridized carbons (Fsp3) is 0.577. The zero-order chi connectivity index (χ0) is 22.6. The molecule has 2 aliphatic heterocycles. The van der Waals surface area contributed by atoms with E-state index in [1.54, 1.807) is 11.8 Å². The number of carbonyl (C=O) groups is 3. The summed E-state index contributed by atoms with van der Waals surface area (Å²) in [6, 6.07) is 10.3. The minimum Gasteiger partial charge on any atom is -0.465 e.